The van der Waals surface area contributed by atoms with Crippen LogP contribution >= 0.6 is 11.3 Å². The average molecular weight is 362 g/mol. The van der Waals surface area contributed by atoms with Crippen molar-refractivity contribution in [3.8, 4) is 11.5 Å². The number of aryl methyl sites for hydroxylation is 2. The molecular formula is C18H22N2O4S. The number of benzene rings is 1. The van der Waals surface area contributed by atoms with Crippen LogP contribution in [-0.2, 0) is 0 Å². The first kappa shape index (κ1) is 18.8. The number of thiophene rings is 1. The van der Waals surface area contributed by atoms with Gasteiger partial charge in [0.05, 0.1) is 30.3 Å². The number of anilines is 1. The van der Waals surface area contributed by atoms with Crippen LogP contribution in [0.1, 0.15) is 30.5 Å². The number of methoxy groups -OCH3 is 2. The lowest BCUT2D eigenvalue weighted by atomic mass is 10.1. The van der Waals surface area contributed by atoms with Gasteiger partial charge in [0.15, 0.2) is 11.5 Å². The van der Waals surface area contributed by atoms with E-state index in [4.69, 9.17) is 9.47 Å². The van der Waals surface area contributed by atoms with E-state index in [2.05, 4.69) is 5.32 Å². The van der Waals surface area contributed by atoms with Gasteiger partial charge in [-0.1, -0.05) is 0 Å². The molecule has 0 radical (unpaired) electrons. The summed E-state index contributed by atoms with van der Waals surface area (Å²) in [4.78, 5) is 28.2. The van der Waals surface area contributed by atoms with Crippen LogP contribution in [-0.4, -0.2) is 45.0 Å². The third-order valence-corrected chi connectivity index (χ3v) is 4.95. The fraction of sp³-hybridized carbons (Fsp3) is 0.333. The van der Waals surface area contributed by atoms with Gasteiger partial charge in [0, 0.05) is 25.0 Å². The second kappa shape index (κ2) is 7.57. The van der Waals surface area contributed by atoms with Crippen LogP contribution < -0.4 is 14.8 Å². The number of nitrogens with zero attached hydrogens (tertiary/aromatic N) is 1. The van der Waals surface area contributed by atoms with Crippen LogP contribution in [0.2, 0.25) is 0 Å². The molecule has 0 fully saturated rings. The first-order valence-electron chi connectivity index (χ1n) is 7.64. The molecule has 0 spiro atoms. The van der Waals surface area contributed by atoms with E-state index in [9.17, 15) is 9.59 Å². The topological polar surface area (TPSA) is 67.9 Å². The van der Waals surface area contributed by atoms with Gasteiger partial charge in [-0.25, -0.2) is 0 Å². The largest absolute Gasteiger partial charge is 0.493 e. The highest BCUT2D eigenvalue weighted by Gasteiger charge is 2.21. The molecule has 0 aliphatic rings. The van der Waals surface area contributed by atoms with Crippen molar-refractivity contribution in [2.45, 2.75) is 13.8 Å². The molecule has 2 rings (SSSR count). The molecule has 1 N–H and O–H groups in total. The van der Waals surface area contributed by atoms with Crippen LogP contribution in [0.15, 0.2) is 18.2 Å². The third-order valence-electron chi connectivity index (χ3n) is 3.80. The first-order chi connectivity index (χ1) is 11.8. The molecule has 25 heavy (non-hydrogen) atoms. The predicted octanol–water partition coefficient (Wildman–Crippen LogP) is 3.34. The summed E-state index contributed by atoms with van der Waals surface area (Å²) in [6.45, 7) is 3.92. The quantitative estimate of drug-likeness (QED) is 0.886. The highest BCUT2D eigenvalue weighted by atomic mass is 32.1. The van der Waals surface area contributed by atoms with Crippen LogP contribution in [0, 0.1) is 13.8 Å². The van der Waals surface area contributed by atoms with Gasteiger partial charge in [-0.15, -0.1) is 11.3 Å². The van der Waals surface area contributed by atoms with E-state index >= 15 is 0 Å². The van der Waals surface area contributed by atoms with Crippen molar-refractivity contribution < 1.29 is 19.1 Å². The van der Waals surface area contributed by atoms with Gasteiger partial charge in [0.2, 0.25) is 0 Å². The smallest absolute Gasteiger partial charge is 0.265 e. The highest BCUT2D eigenvalue weighted by molar-refractivity contribution is 7.14. The van der Waals surface area contributed by atoms with Gasteiger partial charge < -0.3 is 19.7 Å². The van der Waals surface area contributed by atoms with E-state index in [0.29, 0.717) is 27.6 Å². The molecule has 0 aliphatic heterocycles. The molecule has 2 aromatic rings. The zero-order valence-corrected chi connectivity index (χ0v) is 16.0. The molecule has 1 aromatic carbocycles. The molecule has 7 heteroatoms. The van der Waals surface area contributed by atoms with Crippen molar-refractivity contribution in [3.05, 3.63) is 39.1 Å². The normalized spacial score (nSPS) is 10.3. The molecule has 134 valence electrons. The average Bonchev–Trinajstić information content (AvgIpc) is 2.92. The molecule has 0 atom stereocenters. The van der Waals surface area contributed by atoms with Crippen molar-refractivity contribution in [2.75, 3.05) is 33.6 Å². The molecule has 1 aromatic heterocycles. The van der Waals surface area contributed by atoms with Crippen LogP contribution in [0.4, 0.5) is 5.69 Å². The SMILES string of the molecule is COc1cc(NC(=O)c2cc(C)c(C)s2)c(C(=O)N(C)C)cc1OC. The number of carbonyl (C=O) groups excluding carboxylic acids is 2. The van der Waals surface area contributed by atoms with E-state index in [1.54, 1.807) is 26.2 Å². The minimum Gasteiger partial charge on any atom is -0.493 e. The lowest BCUT2D eigenvalue weighted by Crippen LogP contribution is -2.24. The van der Waals surface area contributed by atoms with Crippen molar-refractivity contribution in [3.63, 3.8) is 0 Å². The van der Waals surface area contributed by atoms with Crippen molar-refractivity contribution in [1.82, 2.24) is 4.90 Å². The van der Waals surface area contributed by atoms with Gasteiger partial charge in [-0.05, 0) is 31.5 Å². The summed E-state index contributed by atoms with van der Waals surface area (Å²) in [7, 11) is 6.30. The van der Waals surface area contributed by atoms with E-state index in [-0.39, 0.29) is 11.8 Å². The maximum absolute atomic E-state index is 12.6. The molecule has 0 saturated carbocycles. The lowest BCUT2D eigenvalue weighted by molar-refractivity contribution is 0.0828. The van der Waals surface area contributed by atoms with E-state index in [1.807, 2.05) is 19.9 Å². The monoisotopic (exact) mass is 362 g/mol. The molecule has 0 bridgehead atoms. The van der Waals surface area contributed by atoms with Crippen molar-refractivity contribution in [1.29, 1.82) is 0 Å². The molecule has 2 amide bonds. The summed E-state index contributed by atoms with van der Waals surface area (Å²) in [5, 5.41) is 2.82. The number of rotatable bonds is 5. The Morgan fingerprint density at radius 1 is 1.04 bits per heavy atom. The Labute approximate surface area is 151 Å². The Bertz CT molecular complexity index is 792. The summed E-state index contributed by atoms with van der Waals surface area (Å²) in [5.74, 6) is 0.358. The molecule has 1 heterocycles. The first-order valence-corrected chi connectivity index (χ1v) is 8.46. The summed E-state index contributed by atoms with van der Waals surface area (Å²) < 4.78 is 10.5. The minimum atomic E-state index is -0.263. The molecular weight excluding hydrogens is 340 g/mol. The van der Waals surface area contributed by atoms with E-state index in [1.165, 1.54) is 30.5 Å². The molecule has 6 nitrogen and oxygen atoms in total. The Kier molecular flexibility index (Phi) is 5.69. The number of ether oxygens (including phenoxy) is 2. The fourth-order valence-corrected chi connectivity index (χ4v) is 3.20. The number of nitrogens with one attached hydrogen (secondary N) is 1. The van der Waals surface area contributed by atoms with Gasteiger partial charge in [-0.2, -0.15) is 0 Å². The van der Waals surface area contributed by atoms with E-state index < -0.39 is 0 Å². The van der Waals surface area contributed by atoms with Gasteiger partial charge in [-0.3, -0.25) is 9.59 Å². The predicted molar refractivity (Wildman–Crippen MR) is 99.3 cm³/mol. The number of carbonyl (C=O) groups is 2. The summed E-state index contributed by atoms with van der Waals surface area (Å²) in [6, 6.07) is 5.01. The summed E-state index contributed by atoms with van der Waals surface area (Å²) >= 11 is 1.42. The maximum atomic E-state index is 12.6. The standard InChI is InChI=1S/C18H22N2O4S/c1-10-7-16(25-11(10)2)17(21)19-13-9-15(24-6)14(23-5)8-12(13)18(22)20(3)4/h7-9H,1-6H3,(H,19,21). The van der Waals surface area contributed by atoms with Gasteiger partial charge >= 0.3 is 0 Å². The lowest BCUT2D eigenvalue weighted by Gasteiger charge is -2.17. The zero-order chi connectivity index (χ0) is 18.7. The zero-order valence-electron chi connectivity index (χ0n) is 15.2. The highest BCUT2D eigenvalue weighted by Crippen LogP contribution is 2.34. The Morgan fingerprint density at radius 3 is 2.12 bits per heavy atom. The van der Waals surface area contributed by atoms with Crippen LogP contribution in [0.25, 0.3) is 0 Å². The second-order valence-electron chi connectivity index (χ2n) is 5.76. The van der Waals surface area contributed by atoms with Crippen molar-refractivity contribution >= 4 is 28.8 Å². The van der Waals surface area contributed by atoms with E-state index in [0.717, 1.165) is 10.4 Å². The Balaban J connectivity index is 2.46. The molecule has 0 saturated heterocycles. The second-order valence-corrected chi connectivity index (χ2v) is 7.01. The summed E-state index contributed by atoms with van der Waals surface area (Å²) in [6.07, 6.45) is 0. The number of hydrogen-bond acceptors (Lipinski definition) is 5. The number of amides is 2. The van der Waals surface area contributed by atoms with Crippen molar-refractivity contribution in [2.24, 2.45) is 0 Å². The third kappa shape index (κ3) is 3.93. The maximum Gasteiger partial charge on any atom is 0.265 e. The van der Waals surface area contributed by atoms with Gasteiger partial charge in [0.1, 0.15) is 0 Å². The summed E-state index contributed by atoms with van der Waals surface area (Å²) in [5.41, 5.74) is 1.78. The number of hydrogen-bond donors (Lipinski definition) is 1. The fourth-order valence-electron chi connectivity index (χ4n) is 2.27. The Hall–Kier alpha value is -2.54. The van der Waals surface area contributed by atoms with Crippen LogP contribution in [0.3, 0.4) is 0 Å². The molecule has 0 aliphatic carbocycles. The molecule has 0 unspecified atom stereocenters. The van der Waals surface area contributed by atoms with Gasteiger partial charge in [0.25, 0.3) is 11.8 Å². The van der Waals surface area contributed by atoms with Crippen LogP contribution in [0.5, 0.6) is 11.5 Å². The Morgan fingerprint density at radius 2 is 1.64 bits per heavy atom. The minimum absolute atomic E-state index is 0.241.